The highest BCUT2D eigenvalue weighted by Crippen LogP contribution is 2.00. The first kappa shape index (κ1) is 8.72. The predicted molar refractivity (Wildman–Crippen MR) is 49.7 cm³/mol. The lowest BCUT2D eigenvalue weighted by Gasteiger charge is -1.95. The molecule has 1 aromatic heterocycles. The van der Waals surface area contributed by atoms with Crippen LogP contribution >= 0.6 is 15.9 Å². The van der Waals surface area contributed by atoms with Crippen molar-refractivity contribution in [2.45, 2.75) is 12.8 Å². The number of hydrogen-bond acceptors (Lipinski definition) is 0. The van der Waals surface area contributed by atoms with E-state index >= 15 is 0 Å². The maximum atomic E-state index is 3.42. The first-order valence-corrected chi connectivity index (χ1v) is 4.95. The summed E-state index contributed by atoms with van der Waals surface area (Å²) in [6, 6.07) is 4.26. The zero-order valence-corrected chi connectivity index (χ0v) is 8.34. The van der Waals surface area contributed by atoms with Crippen LogP contribution in [0, 0.1) is 0 Å². The summed E-state index contributed by atoms with van der Waals surface area (Å²) >= 11 is 3.42. The van der Waals surface area contributed by atoms with Crippen molar-refractivity contribution in [3.8, 4) is 0 Å². The normalized spacial score (nSPS) is 10.0. The maximum Gasteiger partial charge on any atom is 0.171 e. The molecule has 1 nitrogen and oxygen atoms in total. The van der Waals surface area contributed by atoms with E-state index in [4.69, 9.17) is 0 Å². The van der Waals surface area contributed by atoms with Crippen molar-refractivity contribution in [1.29, 1.82) is 0 Å². The van der Waals surface area contributed by atoms with Crippen molar-refractivity contribution in [3.63, 3.8) is 0 Å². The fraction of sp³-hybridized carbons (Fsp3) is 0.444. The molecule has 1 aromatic rings. The van der Waals surface area contributed by atoms with Crippen molar-refractivity contribution < 1.29 is 4.57 Å². The number of aryl methyl sites for hydroxylation is 2. The van der Waals surface area contributed by atoms with Crippen LogP contribution in [0.2, 0.25) is 0 Å². The van der Waals surface area contributed by atoms with Gasteiger partial charge in [-0.2, -0.15) is 0 Å². The monoisotopic (exact) mass is 214 g/mol. The molecular formula is C9H13BrN+. The lowest BCUT2D eigenvalue weighted by Crippen LogP contribution is -2.26. The van der Waals surface area contributed by atoms with Crippen LogP contribution in [0.15, 0.2) is 24.5 Å². The molecule has 0 aliphatic carbocycles. The fourth-order valence-electron chi connectivity index (χ4n) is 1.07. The summed E-state index contributed by atoms with van der Waals surface area (Å²) < 4.78 is 2.09. The van der Waals surface area contributed by atoms with Gasteiger partial charge in [-0.3, -0.25) is 0 Å². The van der Waals surface area contributed by atoms with E-state index in [1.54, 1.807) is 0 Å². The molecule has 0 saturated heterocycles. The molecule has 0 atom stereocenters. The zero-order valence-electron chi connectivity index (χ0n) is 6.76. The van der Waals surface area contributed by atoms with Gasteiger partial charge >= 0.3 is 0 Å². The smallest absolute Gasteiger partial charge is 0.171 e. The Kier molecular flexibility index (Phi) is 3.57. The molecule has 60 valence electrons. The van der Waals surface area contributed by atoms with Crippen molar-refractivity contribution in [2.75, 3.05) is 5.33 Å². The Bertz CT molecular complexity index is 223. The van der Waals surface area contributed by atoms with Gasteiger partial charge in [0.05, 0.1) is 0 Å². The van der Waals surface area contributed by atoms with Gasteiger partial charge in [0.1, 0.15) is 7.05 Å². The number of rotatable bonds is 3. The van der Waals surface area contributed by atoms with Gasteiger partial charge in [0.15, 0.2) is 12.4 Å². The van der Waals surface area contributed by atoms with E-state index in [2.05, 4.69) is 52.1 Å². The SMILES string of the molecule is C[n+]1cccc(CCCBr)c1. The molecule has 0 unspecified atom stereocenters. The number of hydrogen-bond donors (Lipinski definition) is 0. The Hall–Kier alpha value is -0.370. The van der Waals surface area contributed by atoms with Crippen LogP contribution in [0.1, 0.15) is 12.0 Å². The Morgan fingerprint density at radius 2 is 2.36 bits per heavy atom. The molecule has 0 fully saturated rings. The van der Waals surface area contributed by atoms with Crippen molar-refractivity contribution in [2.24, 2.45) is 7.05 Å². The van der Waals surface area contributed by atoms with Crippen molar-refractivity contribution in [3.05, 3.63) is 30.1 Å². The number of halogens is 1. The molecule has 11 heavy (non-hydrogen) atoms. The fourth-order valence-corrected chi connectivity index (χ4v) is 1.35. The quantitative estimate of drug-likeness (QED) is 0.535. The summed E-state index contributed by atoms with van der Waals surface area (Å²) in [6.07, 6.45) is 6.60. The molecule has 0 radical (unpaired) electrons. The van der Waals surface area contributed by atoms with Crippen LogP contribution in [0.5, 0.6) is 0 Å². The molecule has 1 heterocycles. The second kappa shape index (κ2) is 4.50. The largest absolute Gasteiger partial charge is 0.208 e. The molecule has 1 rings (SSSR count). The highest BCUT2D eigenvalue weighted by Gasteiger charge is 1.96. The zero-order chi connectivity index (χ0) is 8.10. The van der Waals surface area contributed by atoms with E-state index in [1.807, 2.05) is 0 Å². The predicted octanol–water partition coefficient (Wildman–Crippen LogP) is 1.84. The maximum absolute atomic E-state index is 3.42. The molecule has 0 aromatic carbocycles. The summed E-state index contributed by atoms with van der Waals surface area (Å²) in [5.74, 6) is 0. The summed E-state index contributed by atoms with van der Waals surface area (Å²) in [5.41, 5.74) is 1.41. The Morgan fingerprint density at radius 1 is 1.55 bits per heavy atom. The molecule has 2 heteroatoms. The first-order chi connectivity index (χ1) is 5.33. The molecule has 0 aliphatic rings. The highest BCUT2D eigenvalue weighted by atomic mass is 79.9. The lowest BCUT2D eigenvalue weighted by atomic mass is 10.2. The van der Waals surface area contributed by atoms with E-state index < -0.39 is 0 Å². The molecule has 0 saturated carbocycles. The van der Waals surface area contributed by atoms with E-state index in [1.165, 1.54) is 18.4 Å². The number of nitrogens with zero attached hydrogens (tertiary/aromatic N) is 1. The number of aromatic nitrogens is 1. The summed E-state index contributed by atoms with van der Waals surface area (Å²) in [5, 5.41) is 1.09. The van der Waals surface area contributed by atoms with E-state index in [0.717, 1.165) is 5.33 Å². The van der Waals surface area contributed by atoms with Crippen LogP contribution in [0.4, 0.5) is 0 Å². The van der Waals surface area contributed by atoms with Gasteiger partial charge in [0.25, 0.3) is 0 Å². The molecule has 0 amide bonds. The van der Waals surface area contributed by atoms with Gasteiger partial charge < -0.3 is 0 Å². The highest BCUT2D eigenvalue weighted by molar-refractivity contribution is 9.09. The topological polar surface area (TPSA) is 3.88 Å². The number of pyridine rings is 1. The Labute approximate surface area is 76.2 Å². The van der Waals surface area contributed by atoms with E-state index in [-0.39, 0.29) is 0 Å². The van der Waals surface area contributed by atoms with Gasteiger partial charge in [-0.15, -0.1) is 0 Å². The first-order valence-electron chi connectivity index (χ1n) is 3.83. The van der Waals surface area contributed by atoms with Crippen molar-refractivity contribution >= 4 is 15.9 Å². The third-order valence-corrected chi connectivity index (χ3v) is 2.16. The van der Waals surface area contributed by atoms with Gasteiger partial charge in [-0.1, -0.05) is 15.9 Å². The molecule has 0 N–H and O–H groups in total. The molecule has 0 spiro atoms. The summed E-state index contributed by atoms with van der Waals surface area (Å²) in [7, 11) is 2.05. The van der Waals surface area contributed by atoms with Crippen LogP contribution in [0.3, 0.4) is 0 Å². The van der Waals surface area contributed by atoms with E-state index in [9.17, 15) is 0 Å². The average molecular weight is 215 g/mol. The lowest BCUT2D eigenvalue weighted by molar-refractivity contribution is -0.671. The van der Waals surface area contributed by atoms with Gasteiger partial charge in [-0.25, -0.2) is 4.57 Å². The second-order valence-electron chi connectivity index (χ2n) is 2.67. The summed E-state index contributed by atoms with van der Waals surface area (Å²) in [4.78, 5) is 0. The minimum atomic E-state index is 1.09. The average Bonchev–Trinajstić information content (AvgIpc) is 2.01. The third-order valence-electron chi connectivity index (χ3n) is 1.60. The van der Waals surface area contributed by atoms with Crippen LogP contribution < -0.4 is 4.57 Å². The van der Waals surface area contributed by atoms with Gasteiger partial charge in [-0.05, 0) is 18.9 Å². The Balaban J connectivity index is 2.56. The summed E-state index contributed by atoms with van der Waals surface area (Å²) in [6.45, 7) is 0. The molecule has 0 bridgehead atoms. The molecule has 0 aliphatic heterocycles. The standard InChI is InChI=1S/C9H13BrN/c1-11-7-3-5-9(8-11)4-2-6-10/h3,5,7-8H,2,4,6H2,1H3/q+1. The Morgan fingerprint density at radius 3 is 3.00 bits per heavy atom. The minimum Gasteiger partial charge on any atom is -0.208 e. The molecular weight excluding hydrogens is 202 g/mol. The number of alkyl halides is 1. The van der Waals surface area contributed by atoms with Crippen LogP contribution in [-0.4, -0.2) is 5.33 Å². The van der Waals surface area contributed by atoms with Gasteiger partial charge in [0.2, 0.25) is 0 Å². The third kappa shape index (κ3) is 3.02. The minimum absolute atomic E-state index is 1.09. The van der Waals surface area contributed by atoms with Crippen molar-refractivity contribution in [1.82, 2.24) is 0 Å². The van der Waals surface area contributed by atoms with Gasteiger partial charge in [0, 0.05) is 17.0 Å². The van der Waals surface area contributed by atoms with Crippen LogP contribution in [-0.2, 0) is 13.5 Å². The van der Waals surface area contributed by atoms with E-state index in [0.29, 0.717) is 0 Å². The second-order valence-corrected chi connectivity index (χ2v) is 3.46. The van der Waals surface area contributed by atoms with Crippen LogP contribution in [0.25, 0.3) is 0 Å².